The standard InChI is InChI=1S/C18H15NO2/c20-17-14-10-4-5-12-16(14)19-18(21)15(17)11-6-9-13-7-2-1-3-8-13/h1-10,12,15H,11H2,(H,19,21)/b9-6+. The molecular weight excluding hydrogens is 262 g/mol. The Morgan fingerprint density at radius 3 is 2.48 bits per heavy atom. The van der Waals surface area contributed by atoms with E-state index < -0.39 is 5.92 Å². The molecule has 0 fully saturated rings. The van der Waals surface area contributed by atoms with Crippen molar-refractivity contribution in [2.24, 2.45) is 5.92 Å². The van der Waals surface area contributed by atoms with Gasteiger partial charge in [-0.25, -0.2) is 0 Å². The molecule has 0 aromatic heterocycles. The van der Waals surface area contributed by atoms with Crippen LogP contribution in [-0.4, -0.2) is 11.7 Å². The second kappa shape index (κ2) is 5.75. The van der Waals surface area contributed by atoms with Crippen molar-refractivity contribution in [3.8, 4) is 0 Å². The molecule has 1 unspecified atom stereocenters. The van der Waals surface area contributed by atoms with Gasteiger partial charge >= 0.3 is 0 Å². The highest BCUT2D eigenvalue weighted by molar-refractivity contribution is 6.20. The minimum Gasteiger partial charge on any atom is -0.325 e. The number of nitrogens with one attached hydrogen (secondary N) is 1. The van der Waals surface area contributed by atoms with E-state index in [0.717, 1.165) is 5.56 Å². The van der Waals surface area contributed by atoms with Gasteiger partial charge in [-0.2, -0.15) is 0 Å². The third kappa shape index (κ3) is 2.77. The molecule has 2 aromatic rings. The molecule has 0 saturated heterocycles. The normalized spacial score (nSPS) is 17.6. The van der Waals surface area contributed by atoms with E-state index in [4.69, 9.17) is 0 Å². The van der Waals surface area contributed by atoms with Crippen LogP contribution >= 0.6 is 0 Å². The molecule has 1 N–H and O–H groups in total. The fourth-order valence-electron chi connectivity index (χ4n) is 2.45. The number of allylic oxidation sites excluding steroid dienone is 1. The molecule has 21 heavy (non-hydrogen) atoms. The fourth-order valence-corrected chi connectivity index (χ4v) is 2.45. The molecule has 2 aromatic carbocycles. The molecule has 1 heterocycles. The van der Waals surface area contributed by atoms with Gasteiger partial charge in [0.2, 0.25) is 5.91 Å². The maximum absolute atomic E-state index is 12.4. The van der Waals surface area contributed by atoms with Crippen molar-refractivity contribution in [2.45, 2.75) is 6.42 Å². The van der Waals surface area contributed by atoms with Gasteiger partial charge < -0.3 is 5.32 Å². The molecule has 0 spiro atoms. The lowest BCUT2D eigenvalue weighted by atomic mass is 9.89. The molecule has 0 radical (unpaired) electrons. The Morgan fingerprint density at radius 2 is 1.67 bits per heavy atom. The number of ketones is 1. The second-order valence-corrected chi connectivity index (χ2v) is 5.00. The van der Waals surface area contributed by atoms with Gasteiger partial charge in [-0.1, -0.05) is 54.6 Å². The van der Waals surface area contributed by atoms with Crippen molar-refractivity contribution in [3.05, 3.63) is 71.8 Å². The summed E-state index contributed by atoms with van der Waals surface area (Å²) in [5.41, 5.74) is 2.26. The minimum absolute atomic E-state index is 0.105. The highest BCUT2D eigenvalue weighted by Crippen LogP contribution is 2.27. The van der Waals surface area contributed by atoms with Crippen molar-refractivity contribution in [1.29, 1.82) is 0 Å². The summed E-state index contributed by atoms with van der Waals surface area (Å²) in [5, 5.41) is 2.80. The Kier molecular flexibility index (Phi) is 3.65. The average molecular weight is 277 g/mol. The summed E-state index contributed by atoms with van der Waals surface area (Å²) in [5.74, 6) is -0.969. The predicted molar refractivity (Wildman–Crippen MR) is 83.0 cm³/mol. The zero-order chi connectivity index (χ0) is 14.7. The molecule has 3 rings (SSSR count). The van der Waals surface area contributed by atoms with Crippen molar-refractivity contribution in [1.82, 2.24) is 0 Å². The summed E-state index contributed by atoms with van der Waals surface area (Å²) in [7, 11) is 0. The van der Waals surface area contributed by atoms with Crippen LogP contribution in [0.1, 0.15) is 22.3 Å². The first-order valence-corrected chi connectivity index (χ1v) is 6.91. The number of anilines is 1. The monoisotopic (exact) mass is 277 g/mol. The second-order valence-electron chi connectivity index (χ2n) is 5.00. The summed E-state index contributed by atoms with van der Waals surface area (Å²) in [4.78, 5) is 24.4. The Hall–Kier alpha value is -2.68. The maximum Gasteiger partial charge on any atom is 0.235 e. The maximum atomic E-state index is 12.4. The quantitative estimate of drug-likeness (QED) is 0.872. The van der Waals surface area contributed by atoms with Crippen molar-refractivity contribution < 1.29 is 9.59 Å². The van der Waals surface area contributed by atoms with E-state index in [1.807, 2.05) is 54.6 Å². The lowest BCUT2D eigenvalue weighted by Crippen LogP contribution is -2.34. The van der Waals surface area contributed by atoms with Crippen molar-refractivity contribution >= 4 is 23.5 Å². The number of rotatable bonds is 3. The van der Waals surface area contributed by atoms with E-state index in [2.05, 4.69) is 5.32 Å². The molecule has 0 bridgehead atoms. The summed E-state index contributed by atoms with van der Waals surface area (Å²) < 4.78 is 0. The van der Waals surface area contributed by atoms with E-state index >= 15 is 0 Å². The Morgan fingerprint density at radius 1 is 0.952 bits per heavy atom. The van der Waals surface area contributed by atoms with Crippen LogP contribution in [-0.2, 0) is 4.79 Å². The predicted octanol–water partition coefficient (Wildman–Crippen LogP) is 3.54. The third-order valence-corrected chi connectivity index (χ3v) is 3.57. The van der Waals surface area contributed by atoms with Crippen LogP contribution < -0.4 is 5.32 Å². The Labute approximate surface area is 123 Å². The first kappa shape index (κ1) is 13.3. The molecule has 0 saturated carbocycles. The van der Waals surface area contributed by atoms with Crippen LogP contribution in [0.3, 0.4) is 0 Å². The van der Waals surface area contributed by atoms with Gasteiger partial charge in [-0.15, -0.1) is 0 Å². The first-order chi connectivity index (χ1) is 10.3. The lowest BCUT2D eigenvalue weighted by Gasteiger charge is -2.22. The molecule has 1 atom stereocenters. The minimum atomic E-state index is -0.639. The first-order valence-electron chi connectivity index (χ1n) is 6.91. The van der Waals surface area contributed by atoms with Gasteiger partial charge in [-0.05, 0) is 24.1 Å². The molecule has 3 nitrogen and oxygen atoms in total. The van der Waals surface area contributed by atoms with Crippen LogP contribution in [0.15, 0.2) is 60.7 Å². The van der Waals surface area contributed by atoms with Gasteiger partial charge in [0.1, 0.15) is 5.92 Å². The van der Waals surface area contributed by atoms with E-state index in [1.54, 1.807) is 12.1 Å². The molecule has 3 heteroatoms. The summed E-state index contributed by atoms with van der Waals surface area (Å²) in [6.07, 6.45) is 4.22. The van der Waals surface area contributed by atoms with Crippen molar-refractivity contribution in [2.75, 3.05) is 5.32 Å². The summed E-state index contributed by atoms with van der Waals surface area (Å²) in [6.45, 7) is 0. The number of benzene rings is 2. The number of fused-ring (bicyclic) bond motifs is 1. The van der Waals surface area contributed by atoms with E-state index in [0.29, 0.717) is 17.7 Å². The highest BCUT2D eigenvalue weighted by atomic mass is 16.2. The number of hydrogen-bond donors (Lipinski definition) is 1. The molecule has 1 amide bonds. The fraction of sp³-hybridized carbons (Fsp3) is 0.111. The molecule has 1 aliphatic heterocycles. The summed E-state index contributed by atoms with van der Waals surface area (Å²) in [6, 6.07) is 16.9. The van der Waals surface area contributed by atoms with E-state index in [1.165, 1.54) is 0 Å². The van der Waals surface area contributed by atoms with Crippen LogP contribution in [0.25, 0.3) is 6.08 Å². The van der Waals surface area contributed by atoms with Gasteiger partial charge in [-0.3, -0.25) is 9.59 Å². The summed E-state index contributed by atoms with van der Waals surface area (Å²) >= 11 is 0. The number of para-hydroxylation sites is 1. The van der Waals surface area contributed by atoms with E-state index in [-0.39, 0.29) is 11.7 Å². The largest absolute Gasteiger partial charge is 0.325 e. The van der Waals surface area contributed by atoms with Crippen LogP contribution in [0, 0.1) is 5.92 Å². The van der Waals surface area contributed by atoms with Crippen LogP contribution in [0.2, 0.25) is 0 Å². The molecular formula is C18H15NO2. The molecule has 1 aliphatic rings. The van der Waals surface area contributed by atoms with Gasteiger partial charge in [0, 0.05) is 5.56 Å². The molecule has 104 valence electrons. The number of hydrogen-bond acceptors (Lipinski definition) is 2. The number of amides is 1. The van der Waals surface area contributed by atoms with Gasteiger partial charge in [0.25, 0.3) is 0 Å². The SMILES string of the molecule is O=C1Nc2ccccc2C(=O)C1C/C=C/c1ccccc1. The topological polar surface area (TPSA) is 46.2 Å². The average Bonchev–Trinajstić information content (AvgIpc) is 2.51. The number of carbonyl (C=O) groups excluding carboxylic acids is 2. The zero-order valence-corrected chi connectivity index (χ0v) is 11.5. The van der Waals surface area contributed by atoms with Gasteiger partial charge in [0.15, 0.2) is 5.78 Å². The number of Topliss-reactive ketones (excluding diaryl/α,β-unsaturated/α-hetero) is 1. The number of carbonyl (C=O) groups is 2. The van der Waals surface area contributed by atoms with E-state index in [9.17, 15) is 9.59 Å². The van der Waals surface area contributed by atoms with Gasteiger partial charge in [0.05, 0.1) is 5.69 Å². The smallest absolute Gasteiger partial charge is 0.235 e. The van der Waals surface area contributed by atoms with Crippen molar-refractivity contribution in [3.63, 3.8) is 0 Å². The van der Waals surface area contributed by atoms with Crippen LogP contribution in [0.5, 0.6) is 0 Å². The Bertz CT molecular complexity index is 704. The third-order valence-electron chi connectivity index (χ3n) is 3.57. The lowest BCUT2D eigenvalue weighted by molar-refractivity contribution is -0.118. The zero-order valence-electron chi connectivity index (χ0n) is 11.5. The Balaban J connectivity index is 1.76. The highest BCUT2D eigenvalue weighted by Gasteiger charge is 2.32. The van der Waals surface area contributed by atoms with Crippen LogP contribution in [0.4, 0.5) is 5.69 Å². The molecule has 0 aliphatic carbocycles.